The fourth-order valence-electron chi connectivity index (χ4n) is 4.35. The first-order valence-corrected chi connectivity index (χ1v) is 8.50. The number of anilines is 1. The number of H-pyrrole nitrogens is 1. The molecule has 2 N–H and O–H groups in total. The minimum absolute atomic E-state index is 0.158. The highest BCUT2D eigenvalue weighted by atomic mass is 16.6. The monoisotopic (exact) mass is 331 g/mol. The summed E-state index contributed by atoms with van der Waals surface area (Å²) in [7, 11) is 0. The number of hydrogen-bond acceptors (Lipinski definition) is 3. The number of aromatic amines is 1. The van der Waals surface area contributed by atoms with E-state index in [0.717, 1.165) is 23.2 Å². The van der Waals surface area contributed by atoms with Crippen LogP contribution in [0.1, 0.15) is 29.5 Å². The standard InChI is InChI=1S/C20H17N3O2/c24-23(25)12-8-9-19-16(10-12)13-5-3-6-15(13)20(22-19)17-11-21-18-7-2-1-4-14(17)18/h1-5,7-11,13,15,20-22H,6H2. The molecule has 0 radical (unpaired) electrons. The number of nitro groups is 1. The van der Waals surface area contributed by atoms with E-state index >= 15 is 0 Å². The summed E-state index contributed by atoms with van der Waals surface area (Å²) in [6.07, 6.45) is 7.47. The molecule has 2 heterocycles. The normalized spacial score (nSPS) is 23.9. The molecule has 0 saturated carbocycles. The Morgan fingerprint density at radius 1 is 1.12 bits per heavy atom. The third kappa shape index (κ3) is 2.09. The Labute approximate surface area is 144 Å². The fourth-order valence-corrected chi connectivity index (χ4v) is 4.35. The van der Waals surface area contributed by atoms with E-state index in [9.17, 15) is 10.1 Å². The Morgan fingerprint density at radius 2 is 2.00 bits per heavy atom. The second-order valence-corrected chi connectivity index (χ2v) is 6.79. The van der Waals surface area contributed by atoms with Gasteiger partial charge in [-0.05, 0) is 35.6 Å². The molecule has 1 aliphatic carbocycles. The van der Waals surface area contributed by atoms with Crippen LogP contribution in [0.4, 0.5) is 11.4 Å². The summed E-state index contributed by atoms with van der Waals surface area (Å²) in [5.41, 5.74) is 4.58. The van der Waals surface area contributed by atoms with E-state index in [1.54, 1.807) is 12.1 Å². The third-order valence-corrected chi connectivity index (χ3v) is 5.51. The van der Waals surface area contributed by atoms with Crippen molar-refractivity contribution in [1.82, 2.24) is 4.98 Å². The highest BCUT2D eigenvalue weighted by Crippen LogP contribution is 2.51. The molecule has 3 atom stereocenters. The highest BCUT2D eigenvalue weighted by Gasteiger charge is 2.39. The Morgan fingerprint density at radius 3 is 2.88 bits per heavy atom. The lowest BCUT2D eigenvalue weighted by Gasteiger charge is -2.37. The average molecular weight is 331 g/mol. The van der Waals surface area contributed by atoms with Gasteiger partial charge in [0.05, 0.1) is 11.0 Å². The summed E-state index contributed by atoms with van der Waals surface area (Å²) >= 11 is 0. The summed E-state index contributed by atoms with van der Waals surface area (Å²) < 4.78 is 0. The summed E-state index contributed by atoms with van der Waals surface area (Å²) in [5, 5.41) is 16.0. The molecule has 3 unspecified atom stereocenters. The van der Waals surface area contributed by atoms with Crippen LogP contribution < -0.4 is 5.32 Å². The van der Waals surface area contributed by atoms with Crippen molar-refractivity contribution in [3.63, 3.8) is 0 Å². The lowest BCUT2D eigenvalue weighted by atomic mass is 9.77. The Kier molecular flexibility index (Phi) is 2.98. The number of allylic oxidation sites excluding steroid dienone is 2. The van der Waals surface area contributed by atoms with Gasteiger partial charge in [-0.3, -0.25) is 10.1 Å². The number of para-hydroxylation sites is 1. The van der Waals surface area contributed by atoms with Crippen LogP contribution in [-0.2, 0) is 0 Å². The number of benzene rings is 2. The molecule has 0 spiro atoms. The van der Waals surface area contributed by atoms with Gasteiger partial charge in [0, 0.05) is 40.8 Å². The summed E-state index contributed by atoms with van der Waals surface area (Å²) in [5.74, 6) is 0.587. The van der Waals surface area contributed by atoms with Crippen LogP contribution in [0.5, 0.6) is 0 Å². The van der Waals surface area contributed by atoms with Gasteiger partial charge in [-0.25, -0.2) is 0 Å². The smallest absolute Gasteiger partial charge is 0.269 e. The van der Waals surface area contributed by atoms with Gasteiger partial charge < -0.3 is 10.3 Å². The second-order valence-electron chi connectivity index (χ2n) is 6.79. The maximum absolute atomic E-state index is 11.1. The van der Waals surface area contributed by atoms with E-state index < -0.39 is 0 Å². The third-order valence-electron chi connectivity index (χ3n) is 5.51. The molecular weight excluding hydrogens is 314 g/mol. The van der Waals surface area contributed by atoms with Crippen LogP contribution in [0.3, 0.4) is 0 Å². The number of rotatable bonds is 2. The van der Waals surface area contributed by atoms with E-state index in [4.69, 9.17) is 0 Å². The van der Waals surface area contributed by atoms with Crippen molar-refractivity contribution in [2.24, 2.45) is 5.92 Å². The molecule has 0 saturated heterocycles. The molecule has 1 aromatic heterocycles. The summed E-state index contributed by atoms with van der Waals surface area (Å²) in [6.45, 7) is 0. The van der Waals surface area contributed by atoms with E-state index in [1.807, 2.05) is 12.1 Å². The second kappa shape index (κ2) is 5.21. The zero-order chi connectivity index (χ0) is 17.0. The molecule has 0 fully saturated rings. The molecule has 2 aliphatic rings. The molecule has 0 amide bonds. The van der Waals surface area contributed by atoms with Gasteiger partial charge in [-0.1, -0.05) is 30.4 Å². The van der Waals surface area contributed by atoms with Gasteiger partial charge in [0.25, 0.3) is 5.69 Å². The Bertz CT molecular complexity index is 1020. The largest absolute Gasteiger partial charge is 0.378 e. The van der Waals surface area contributed by atoms with Gasteiger partial charge in [0.2, 0.25) is 0 Å². The van der Waals surface area contributed by atoms with Crippen LogP contribution in [-0.4, -0.2) is 9.91 Å². The van der Waals surface area contributed by atoms with Crippen LogP contribution in [0, 0.1) is 16.0 Å². The zero-order valence-corrected chi connectivity index (χ0v) is 13.5. The molecule has 5 heteroatoms. The van der Waals surface area contributed by atoms with Crippen molar-refractivity contribution < 1.29 is 4.92 Å². The molecule has 124 valence electrons. The average Bonchev–Trinajstić information content (AvgIpc) is 3.28. The summed E-state index contributed by atoms with van der Waals surface area (Å²) in [4.78, 5) is 14.2. The Hall–Kier alpha value is -3.08. The van der Waals surface area contributed by atoms with Gasteiger partial charge in [-0.2, -0.15) is 0 Å². The maximum Gasteiger partial charge on any atom is 0.269 e. The van der Waals surface area contributed by atoms with Crippen LogP contribution in [0.25, 0.3) is 10.9 Å². The van der Waals surface area contributed by atoms with E-state index in [-0.39, 0.29) is 22.6 Å². The van der Waals surface area contributed by atoms with Gasteiger partial charge in [-0.15, -0.1) is 0 Å². The lowest BCUT2D eigenvalue weighted by molar-refractivity contribution is -0.384. The molecule has 3 aromatic rings. The minimum Gasteiger partial charge on any atom is -0.378 e. The predicted octanol–water partition coefficient (Wildman–Crippen LogP) is 4.90. The number of fused-ring (bicyclic) bond motifs is 4. The van der Waals surface area contributed by atoms with Crippen LogP contribution >= 0.6 is 0 Å². The van der Waals surface area contributed by atoms with Crippen LogP contribution in [0.2, 0.25) is 0 Å². The molecule has 1 aliphatic heterocycles. The van der Waals surface area contributed by atoms with E-state index in [2.05, 4.69) is 46.8 Å². The van der Waals surface area contributed by atoms with Crippen molar-refractivity contribution in [3.8, 4) is 0 Å². The quantitative estimate of drug-likeness (QED) is 0.398. The molecule has 5 nitrogen and oxygen atoms in total. The number of nitro benzene ring substituents is 1. The van der Waals surface area contributed by atoms with Crippen molar-refractivity contribution in [1.29, 1.82) is 0 Å². The van der Waals surface area contributed by atoms with Crippen LogP contribution in [0.15, 0.2) is 60.8 Å². The summed E-state index contributed by atoms with van der Waals surface area (Å²) in [6, 6.07) is 13.7. The number of non-ortho nitro benzene ring substituents is 1. The van der Waals surface area contributed by atoms with E-state index in [0.29, 0.717) is 5.92 Å². The minimum atomic E-state index is -0.320. The van der Waals surface area contributed by atoms with Crippen molar-refractivity contribution in [2.45, 2.75) is 18.4 Å². The number of nitrogens with zero attached hydrogens (tertiary/aromatic N) is 1. The molecule has 25 heavy (non-hydrogen) atoms. The lowest BCUT2D eigenvalue weighted by Crippen LogP contribution is -2.29. The predicted molar refractivity (Wildman–Crippen MR) is 97.7 cm³/mol. The van der Waals surface area contributed by atoms with Gasteiger partial charge in [0.15, 0.2) is 0 Å². The maximum atomic E-state index is 11.1. The Balaban J connectivity index is 1.63. The van der Waals surface area contributed by atoms with Crippen molar-refractivity contribution >= 4 is 22.3 Å². The highest BCUT2D eigenvalue weighted by molar-refractivity contribution is 5.84. The zero-order valence-electron chi connectivity index (χ0n) is 13.5. The van der Waals surface area contributed by atoms with Crippen molar-refractivity contribution in [3.05, 3.63) is 82.1 Å². The number of aromatic nitrogens is 1. The SMILES string of the molecule is O=[N+]([O-])c1ccc2c(c1)C1C=CCC1C(c1c[nH]c3ccccc13)N2. The molecule has 0 bridgehead atoms. The van der Waals surface area contributed by atoms with E-state index in [1.165, 1.54) is 10.9 Å². The van der Waals surface area contributed by atoms with Gasteiger partial charge in [0.1, 0.15) is 0 Å². The molecular formula is C20H17N3O2. The molecule has 2 aromatic carbocycles. The fraction of sp³-hybridized carbons (Fsp3) is 0.200. The van der Waals surface area contributed by atoms with Gasteiger partial charge >= 0.3 is 0 Å². The number of hydrogen-bond donors (Lipinski definition) is 2. The topological polar surface area (TPSA) is 71.0 Å². The molecule has 5 rings (SSSR count). The first-order chi connectivity index (χ1) is 12.2. The first kappa shape index (κ1) is 14.3. The number of nitrogens with one attached hydrogen (secondary N) is 2. The first-order valence-electron chi connectivity index (χ1n) is 8.50. The van der Waals surface area contributed by atoms with Crippen molar-refractivity contribution in [2.75, 3.05) is 5.32 Å².